The Morgan fingerprint density at radius 2 is 1.94 bits per heavy atom. The minimum atomic E-state index is -4.74. The van der Waals surface area contributed by atoms with Crippen molar-refractivity contribution in [2.75, 3.05) is 5.33 Å². The number of rotatable bonds is 2. The first-order chi connectivity index (χ1) is 7.29. The molecule has 0 fully saturated rings. The number of Topliss-reactive ketones (excluding diaryl/α,β-unsaturated/α-hetero) is 1. The normalized spacial score (nSPS) is 11.6. The summed E-state index contributed by atoms with van der Waals surface area (Å²) in [6.07, 6.45) is -4.74. The van der Waals surface area contributed by atoms with Crippen LogP contribution in [0.1, 0.15) is 15.9 Å². The molecule has 0 aliphatic heterocycles. The van der Waals surface area contributed by atoms with Crippen LogP contribution in [0.5, 0.6) is 0 Å². The van der Waals surface area contributed by atoms with E-state index in [4.69, 9.17) is 11.6 Å². The Balaban J connectivity index is 3.35. The molecule has 0 aliphatic rings. The minimum Gasteiger partial charge on any atom is -0.293 e. The molecule has 0 atom stereocenters. The van der Waals surface area contributed by atoms with Gasteiger partial charge >= 0.3 is 6.18 Å². The summed E-state index contributed by atoms with van der Waals surface area (Å²) in [5.74, 6) is -2.02. The third kappa shape index (κ3) is 2.55. The van der Waals surface area contributed by atoms with Crippen LogP contribution in [-0.2, 0) is 6.18 Å². The Morgan fingerprint density at radius 3 is 2.38 bits per heavy atom. The van der Waals surface area contributed by atoms with Crippen molar-refractivity contribution in [1.29, 1.82) is 0 Å². The lowest BCUT2D eigenvalue weighted by Gasteiger charge is -2.10. The molecule has 0 N–H and O–H groups in total. The third-order valence-electron chi connectivity index (χ3n) is 1.81. The van der Waals surface area contributed by atoms with Crippen LogP contribution >= 0.6 is 27.5 Å². The molecule has 1 aromatic carbocycles. The van der Waals surface area contributed by atoms with Crippen molar-refractivity contribution in [1.82, 2.24) is 0 Å². The second kappa shape index (κ2) is 4.71. The number of benzene rings is 1. The molecule has 0 aromatic heterocycles. The summed E-state index contributed by atoms with van der Waals surface area (Å²) in [6, 6.07) is 1.36. The fourth-order valence-corrected chi connectivity index (χ4v) is 1.63. The Hall–Kier alpha value is -0.620. The van der Waals surface area contributed by atoms with Crippen molar-refractivity contribution in [2.45, 2.75) is 6.18 Å². The van der Waals surface area contributed by atoms with Crippen LogP contribution in [0.2, 0.25) is 5.02 Å². The van der Waals surface area contributed by atoms with Crippen LogP contribution in [0.15, 0.2) is 12.1 Å². The number of hydrogen-bond donors (Lipinski definition) is 0. The van der Waals surface area contributed by atoms with E-state index in [1.165, 1.54) is 0 Å². The zero-order valence-corrected chi connectivity index (χ0v) is 9.88. The highest BCUT2D eigenvalue weighted by molar-refractivity contribution is 9.09. The van der Waals surface area contributed by atoms with Crippen LogP contribution in [0.25, 0.3) is 0 Å². The average molecular weight is 319 g/mol. The van der Waals surface area contributed by atoms with E-state index in [2.05, 4.69) is 15.9 Å². The Morgan fingerprint density at radius 1 is 1.38 bits per heavy atom. The van der Waals surface area contributed by atoms with Crippen molar-refractivity contribution in [3.63, 3.8) is 0 Å². The van der Waals surface area contributed by atoms with Gasteiger partial charge in [0.05, 0.1) is 21.5 Å². The van der Waals surface area contributed by atoms with Crippen LogP contribution in [-0.4, -0.2) is 11.1 Å². The van der Waals surface area contributed by atoms with Gasteiger partial charge in [-0.15, -0.1) is 0 Å². The number of ketones is 1. The molecule has 0 spiro atoms. The number of carbonyl (C=O) groups is 1. The van der Waals surface area contributed by atoms with Gasteiger partial charge in [0.25, 0.3) is 0 Å². The van der Waals surface area contributed by atoms with E-state index in [-0.39, 0.29) is 5.33 Å². The first-order valence-electron chi connectivity index (χ1n) is 3.93. The van der Waals surface area contributed by atoms with E-state index in [0.717, 1.165) is 6.07 Å². The topological polar surface area (TPSA) is 17.1 Å². The standard InChI is InChI=1S/C9H4BrClF4O/c10-3-6(16)4-1-2-5(9(13,14)15)7(11)8(4)12/h1-2H,3H2. The maximum Gasteiger partial charge on any atom is 0.417 e. The maximum atomic E-state index is 13.4. The predicted octanol–water partition coefficient (Wildman–Crippen LogP) is 4.08. The molecule has 7 heteroatoms. The van der Waals surface area contributed by atoms with Gasteiger partial charge in [0.2, 0.25) is 0 Å². The molecule has 1 nitrogen and oxygen atoms in total. The van der Waals surface area contributed by atoms with Crippen LogP contribution in [0.4, 0.5) is 17.6 Å². The molecule has 1 rings (SSSR count). The van der Waals surface area contributed by atoms with Crippen LogP contribution in [0.3, 0.4) is 0 Å². The van der Waals surface area contributed by atoms with E-state index < -0.39 is 33.9 Å². The zero-order valence-electron chi connectivity index (χ0n) is 7.54. The second-order valence-electron chi connectivity index (χ2n) is 2.84. The molecular formula is C9H4BrClF4O. The molecule has 0 saturated carbocycles. The molecule has 0 aliphatic carbocycles. The van der Waals surface area contributed by atoms with E-state index in [1.807, 2.05) is 0 Å². The van der Waals surface area contributed by atoms with E-state index >= 15 is 0 Å². The SMILES string of the molecule is O=C(CBr)c1ccc(C(F)(F)F)c(Cl)c1F. The Labute approximate surface area is 102 Å². The van der Waals surface area contributed by atoms with Crippen molar-refractivity contribution >= 4 is 33.3 Å². The summed E-state index contributed by atoms with van der Waals surface area (Å²) in [4.78, 5) is 11.1. The lowest BCUT2D eigenvalue weighted by molar-refractivity contribution is -0.137. The fourth-order valence-electron chi connectivity index (χ4n) is 1.06. The monoisotopic (exact) mass is 318 g/mol. The smallest absolute Gasteiger partial charge is 0.293 e. The van der Waals surface area contributed by atoms with Crippen molar-refractivity contribution in [3.8, 4) is 0 Å². The summed E-state index contributed by atoms with van der Waals surface area (Å²) < 4.78 is 50.3. The van der Waals surface area contributed by atoms with E-state index in [9.17, 15) is 22.4 Å². The predicted molar refractivity (Wildman–Crippen MR) is 54.5 cm³/mol. The summed E-state index contributed by atoms with van der Waals surface area (Å²) in [7, 11) is 0. The molecule has 0 bridgehead atoms. The second-order valence-corrected chi connectivity index (χ2v) is 3.78. The number of alkyl halides is 4. The molecule has 0 heterocycles. The van der Waals surface area contributed by atoms with Gasteiger partial charge in [0.15, 0.2) is 11.6 Å². The summed E-state index contributed by atoms with van der Waals surface area (Å²) >= 11 is 8.01. The first kappa shape index (κ1) is 13.4. The number of hydrogen-bond acceptors (Lipinski definition) is 1. The lowest BCUT2D eigenvalue weighted by Crippen LogP contribution is -2.10. The largest absolute Gasteiger partial charge is 0.417 e. The average Bonchev–Trinajstić information content (AvgIpc) is 2.19. The Bertz CT molecular complexity index is 430. The third-order valence-corrected chi connectivity index (χ3v) is 2.69. The molecule has 88 valence electrons. The molecule has 0 amide bonds. The fraction of sp³-hybridized carbons (Fsp3) is 0.222. The zero-order chi connectivity index (χ0) is 12.5. The number of carbonyl (C=O) groups excluding carboxylic acids is 1. The molecule has 1 aromatic rings. The summed E-state index contributed by atoms with van der Waals surface area (Å²) in [6.45, 7) is 0. The highest BCUT2D eigenvalue weighted by atomic mass is 79.9. The highest BCUT2D eigenvalue weighted by Crippen LogP contribution is 2.36. The highest BCUT2D eigenvalue weighted by Gasteiger charge is 2.35. The van der Waals surface area contributed by atoms with Gasteiger partial charge in [-0.2, -0.15) is 13.2 Å². The number of halogens is 6. The van der Waals surface area contributed by atoms with Gasteiger partial charge in [-0.25, -0.2) is 4.39 Å². The van der Waals surface area contributed by atoms with E-state index in [0.29, 0.717) is 6.07 Å². The molecule has 0 radical (unpaired) electrons. The van der Waals surface area contributed by atoms with Crippen LogP contribution < -0.4 is 0 Å². The lowest BCUT2D eigenvalue weighted by atomic mass is 10.1. The molecule has 0 unspecified atom stereocenters. The molecule has 0 saturated heterocycles. The maximum absolute atomic E-state index is 13.4. The van der Waals surface area contributed by atoms with Crippen molar-refractivity contribution in [3.05, 3.63) is 34.1 Å². The van der Waals surface area contributed by atoms with Gasteiger partial charge in [-0.3, -0.25) is 4.79 Å². The van der Waals surface area contributed by atoms with Crippen LogP contribution in [0, 0.1) is 5.82 Å². The quantitative estimate of drug-likeness (QED) is 0.456. The summed E-state index contributed by atoms with van der Waals surface area (Å²) in [5.41, 5.74) is -1.76. The summed E-state index contributed by atoms with van der Waals surface area (Å²) in [5, 5.41) is -1.27. The molecule has 16 heavy (non-hydrogen) atoms. The van der Waals surface area contributed by atoms with Gasteiger partial charge < -0.3 is 0 Å². The van der Waals surface area contributed by atoms with Crippen molar-refractivity contribution < 1.29 is 22.4 Å². The van der Waals surface area contributed by atoms with Crippen molar-refractivity contribution in [2.24, 2.45) is 0 Å². The van der Waals surface area contributed by atoms with Gasteiger partial charge in [-0.1, -0.05) is 27.5 Å². The van der Waals surface area contributed by atoms with Gasteiger partial charge in [0, 0.05) is 0 Å². The van der Waals surface area contributed by atoms with E-state index in [1.54, 1.807) is 0 Å². The van der Waals surface area contributed by atoms with Gasteiger partial charge in [-0.05, 0) is 12.1 Å². The first-order valence-corrected chi connectivity index (χ1v) is 5.43. The molecular weight excluding hydrogens is 315 g/mol. The van der Waals surface area contributed by atoms with Gasteiger partial charge in [0.1, 0.15) is 0 Å². The minimum absolute atomic E-state index is 0.189. The Kier molecular flexibility index (Phi) is 3.96.